The van der Waals surface area contributed by atoms with E-state index >= 15 is 0 Å². The molecule has 7 heteroatoms. The van der Waals surface area contributed by atoms with Crippen molar-refractivity contribution in [3.05, 3.63) is 51.7 Å². The number of aromatic nitrogens is 1. The SMILES string of the molecule is NC(c1cscc1C(F)(F)F)c1ncccc1F. The van der Waals surface area contributed by atoms with Crippen LogP contribution in [0.5, 0.6) is 0 Å². The highest BCUT2D eigenvalue weighted by atomic mass is 32.1. The van der Waals surface area contributed by atoms with Gasteiger partial charge in [0, 0.05) is 11.6 Å². The summed E-state index contributed by atoms with van der Waals surface area (Å²) in [6, 6.07) is 1.24. The minimum absolute atomic E-state index is 0.162. The summed E-state index contributed by atoms with van der Waals surface area (Å²) in [7, 11) is 0. The monoisotopic (exact) mass is 276 g/mol. The molecular weight excluding hydrogens is 268 g/mol. The van der Waals surface area contributed by atoms with Crippen molar-refractivity contribution < 1.29 is 17.6 Å². The fourth-order valence-electron chi connectivity index (χ4n) is 1.55. The first kappa shape index (κ1) is 13.0. The molecule has 2 N–H and O–H groups in total. The van der Waals surface area contributed by atoms with Crippen molar-refractivity contribution in [3.8, 4) is 0 Å². The molecular formula is C11H8F4N2S. The Bertz CT molecular complexity index is 550. The molecule has 0 aliphatic heterocycles. The highest BCUT2D eigenvalue weighted by Crippen LogP contribution is 2.37. The van der Waals surface area contributed by atoms with Crippen molar-refractivity contribution in [2.24, 2.45) is 5.73 Å². The number of thiophene rings is 1. The Balaban J connectivity index is 2.45. The van der Waals surface area contributed by atoms with E-state index in [2.05, 4.69) is 4.98 Å². The third kappa shape index (κ3) is 2.37. The lowest BCUT2D eigenvalue weighted by atomic mass is 10.0. The topological polar surface area (TPSA) is 38.9 Å². The number of alkyl halides is 3. The molecule has 2 aromatic rings. The molecule has 0 spiro atoms. The van der Waals surface area contributed by atoms with Gasteiger partial charge in [-0.05, 0) is 23.1 Å². The standard InChI is InChI=1S/C11H8F4N2S/c12-8-2-1-3-17-10(8)9(16)6-4-18-5-7(6)11(13,14)15/h1-5,9H,16H2. The number of rotatable bonds is 2. The third-order valence-corrected chi connectivity index (χ3v) is 3.18. The van der Waals surface area contributed by atoms with Gasteiger partial charge in [-0.1, -0.05) is 0 Å². The maximum absolute atomic E-state index is 13.4. The van der Waals surface area contributed by atoms with Gasteiger partial charge in [-0.15, -0.1) is 0 Å². The van der Waals surface area contributed by atoms with Crippen molar-refractivity contribution in [2.45, 2.75) is 12.2 Å². The highest BCUT2D eigenvalue weighted by molar-refractivity contribution is 7.08. The molecule has 2 nitrogen and oxygen atoms in total. The molecule has 0 aliphatic rings. The normalized spacial score (nSPS) is 13.6. The van der Waals surface area contributed by atoms with E-state index < -0.39 is 23.6 Å². The molecule has 1 unspecified atom stereocenters. The summed E-state index contributed by atoms with van der Waals surface area (Å²) in [4.78, 5) is 3.69. The molecule has 0 saturated carbocycles. The fraction of sp³-hybridized carbons (Fsp3) is 0.182. The molecule has 18 heavy (non-hydrogen) atoms. The Labute approximate surface area is 104 Å². The van der Waals surface area contributed by atoms with E-state index in [0.717, 1.165) is 22.8 Å². The van der Waals surface area contributed by atoms with Crippen LogP contribution < -0.4 is 5.73 Å². The maximum Gasteiger partial charge on any atom is 0.417 e. The van der Waals surface area contributed by atoms with Gasteiger partial charge in [0.1, 0.15) is 5.82 Å². The van der Waals surface area contributed by atoms with E-state index in [-0.39, 0.29) is 11.3 Å². The summed E-state index contributed by atoms with van der Waals surface area (Å²) in [6.07, 6.45) is -3.21. The summed E-state index contributed by atoms with van der Waals surface area (Å²) >= 11 is 0.872. The van der Waals surface area contributed by atoms with Gasteiger partial charge in [-0.3, -0.25) is 4.98 Å². The Morgan fingerprint density at radius 3 is 2.61 bits per heavy atom. The van der Waals surface area contributed by atoms with E-state index in [0.29, 0.717) is 0 Å². The summed E-state index contributed by atoms with van der Waals surface area (Å²) in [5.41, 5.74) is 4.47. The van der Waals surface area contributed by atoms with Gasteiger partial charge < -0.3 is 5.73 Å². The quantitative estimate of drug-likeness (QED) is 0.854. The van der Waals surface area contributed by atoms with Gasteiger partial charge in [-0.25, -0.2) is 4.39 Å². The number of pyridine rings is 1. The van der Waals surface area contributed by atoms with Crippen LogP contribution in [-0.2, 0) is 6.18 Å². The first-order valence-electron chi connectivity index (χ1n) is 4.90. The first-order chi connectivity index (χ1) is 8.41. The van der Waals surface area contributed by atoms with Crippen LogP contribution in [0.25, 0.3) is 0 Å². The van der Waals surface area contributed by atoms with Gasteiger partial charge in [0.2, 0.25) is 0 Å². The molecule has 0 amide bonds. The van der Waals surface area contributed by atoms with Crippen LogP contribution in [0.1, 0.15) is 22.9 Å². The van der Waals surface area contributed by atoms with Crippen LogP contribution in [-0.4, -0.2) is 4.98 Å². The molecule has 2 heterocycles. The summed E-state index contributed by atoms with van der Waals surface area (Å²) in [5, 5.41) is 2.22. The van der Waals surface area contributed by atoms with Crippen molar-refractivity contribution in [1.82, 2.24) is 4.98 Å². The number of hydrogen-bond acceptors (Lipinski definition) is 3. The van der Waals surface area contributed by atoms with Crippen LogP contribution in [0.15, 0.2) is 29.1 Å². The zero-order valence-corrected chi connectivity index (χ0v) is 9.73. The maximum atomic E-state index is 13.4. The fourth-order valence-corrected chi connectivity index (χ4v) is 2.45. The second kappa shape index (κ2) is 4.66. The lowest BCUT2D eigenvalue weighted by Crippen LogP contribution is -2.19. The number of nitrogens with zero attached hydrogens (tertiary/aromatic N) is 1. The molecule has 0 saturated heterocycles. The Morgan fingerprint density at radius 1 is 1.28 bits per heavy atom. The lowest BCUT2D eigenvalue weighted by Gasteiger charge is -2.14. The number of hydrogen-bond donors (Lipinski definition) is 1. The van der Waals surface area contributed by atoms with Gasteiger partial charge >= 0.3 is 6.18 Å². The molecule has 0 fully saturated rings. The Kier molecular flexibility index (Phi) is 3.36. The van der Waals surface area contributed by atoms with E-state index in [1.165, 1.54) is 17.6 Å². The Morgan fingerprint density at radius 2 is 2.00 bits per heavy atom. The van der Waals surface area contributed by atoms with Crippen LogP contribution in [0.4, 0.5) is 17.6 Å². The predicted octanol–water partition coefficient (Wildman–Crippen LogP) is 3.35. The van der Waals surface area contributed by atoms with Gasteiger partial charge in [0.05, 0.1) is 17.3 Å². The van der Waals surface area contributed by atoms with Crippen molar-refractivity contribution in [3.63, 3.8) is 0 Å². The summed E-state index contributed by atoms with van der Waals surface area (Å²) < 4.78 is 51.5. The average Bonchev–Trinajstić information content (AvgIpc) is 2.77. The zero-order valence-electron chi connectivity index (χ0n) is 8.91. The van der Waals surface area contributed by atoms with Gasteiger partial charge in [0.15, 0.2) is 0 Å². The van der Waals surface area contributed by atoms with E-state index in [4.69, 9.17) is 5.73 Å². The van der Waals surface area contributed by atoms with Gasteiger partial charge in [-0.2, -0.15) is 24.5 Å². The third-order valence-electron chi connectivity index (χ3n) is 2.41. The molecule has 2 rings (SSSR count). The minimum atomic E-state index is -4.50. The van der Waals surface area contributed by atoms with Crippen molar-refractivity contribution in [2.75, 3.05) is 0 Å². The van der Waals surface area contributed by atoms with Crippen LogP contribution in [0.2, 0.25) is 0 Å². The largest absolute Gasteiger partial charge is 0.417 e. The smallest absolute Gasteiger partial charge is 0.319 e. The first-order valence-corrected chi connectivity index (χ1v) is 5.85. The zero-order chi connectivity index (χ0) is 13.3. The predicted molar refractivity (Wildman–Crippen MR) is 59.5 cm³/mol. The van der Waals surface area contributed by atoms with Crippen LogP contribution >= 0.6 is 11.3 Å². The van der Waals surface area contributed by atoms with Crippen molar-refractivity contribution >= 4 is 11.3 Å². The Hall–Kier alpha value is -1.47. The minimum Gasteiger partial charge on any atom is -0.319 e. The molecule has 0 radical (unpaired) electrons. The van der Waals surface area contributed by atoms with Crippen molar-refractivity contribution in [1.29, 1.82) is 0 Å². The second-order valence-electron chi connectivity index (χ2n) is 3.59. The molecule has 0 aliphatic carbocycles. The molecule has 0 bridgehead atoms. The summed E-state index contributed by atoms with van der Waals surface area (Å²) in [5.74, 6) is -0.718. The average molecular weight is 276 g/mol. The van der Waals surface area contributed by atoms with E-state index in [9.17, 15) is 17.6 Å². The number of halogens is 4. The summed E-state index contributed by atoms with van der Waals surface area (Å²) in [6.45, 7) is 0. The van der Waals surface area contributed by atoms with E-state index in [1.807, 2.05) is 0 Å². The molecule has 1 atom stereocenters. The second-order valence-corrected chi connectivity index (χ2v) is 4.33. The molecule has 96 valence electrons. The molecule has 2 aromatic heterocycles. The van der Waals surface area contributed by atoms with Crippen LogP contribution in [0, 0.1) is 5.82 Å². The number of nitrogens with two attached hydrogens (primary N) is 1. The van der Waals surface area contributed by atoms with E-state index in [1.54, 1.807) is 0 Å². The van der Waals surface area contributed by atoms with Gasteiger partial charge in [0.25, 0.3) is 0 Å². The molecule has 0 aromatic carbocycles. The lowest BCUT2D eigenvalue weighted by molar-refractivity contribution is -0.138. The highest BCUT2D eigenvalue weighted by Gasteiger charge is 2.36. The van der Waals surface area contributed by atoms with Crippen LogP contribution in [0.3, 0.4) is 0 Å².